The summed E-state index contributed by atoms with van der Waals surface area (Å²) in [5, 5.41) is 9.38. The molecule has 2 aromatic rings. The Balaban J connectivity index is 1.78. The number of thioether (sulfide) groups is 1. The summed E-state index contributed by atoms with van der Waals surface area (Å²) >= 11 is 1.82. The van der Waals surface area contributed by atoms with Crippen molar-refractivity contribution in [3.05, 3.63) is 65.2 Å². The third-order valence-corrected chi connectivity index (χ3v) is 4.78. The van der Waals surface area contributed by atoms with Gasteiger partial charge in [-0.3, -0.25) is 0 Å². The zero-order chi connectivity index (χ0) is 13.2. The van der Waals surface area contributed by atoms with E-state index in [-0.39, 0.29) is 0 Å². The van der Waals surface area contributed by atoms with Gasteiger partial charge in [-0.2, -0.15) is 0 Å². The number of benzene rings is 2. The molecular weight excluding hydrogens is 256 g/mol. The fraction of sp³-hybridized carbons (Fsp3) is 0.188. The van der Waals surface area contributed by atoms with Crippen LogP contribution in [0.1, 0.15) is 33.2 Å². The first-order valence-corrected chi connectivity index (χ1v) is 7.20. The maximum atomic E-state index is 10.8. The lowest BCUT2D eigenvalue weighted by atomic mass is 10.1. The van der Waals surface area contributed by atoms with Crippen LogP contribution in [0.4, 0.5) is 0 Å². The van der Waals surface area contributed by atoms with Gasteiger partial charge in [0.2, 0.25) is 0 Å². The summed E-state index contributed by atoms with van der Waals surface area (Å²) in [6.45, 7) is 0. The van der Waals surface area contributed by atoms with E-state index >= 15 is 0 Å². The summed E-state index contributed by atoms with van der Waals surface area (Å²) in [5.41, 5.74) is 3.22. The number of hydrogen-bond acceptors (Lipinski definition) is 2. The highest BCUT2D eigenvalue weighted by atomic mass is 32.2. The van der Waals surface area contributed by atoms with E-state index < -0.39 is 5.97 Å². The number of aromatic carboxylic acids is 1. The van der Waals surface area contributed by atoms with E-state index in [1.54, 1.807) is 12.1 Å². The number of hydrogen-bond donors (Lipinski definition) is 1. The first kappa shape index (κ1) is 12.3. The molecule has 19 heavy (non-hydrogen) atoms. The quantitative estimate of drug-likeness (QED) is 0.909. The van der Waals surface area contributed by atoms with Crippen LogP contribution in [0.25, 0.3) is 0 Å². The average molecular weight is 270 g/mol. The van der Waals surface area contributed by atoms with Crippen LogP contribution < -0.4 is 0 Å². The number of rotatable bonds is 3. The Labute approximate surface area is 116 Å². The Hall–Kier alpha value is -1.74. The summed E-state index contributed by atoms with van der Waals surface area (Å²) in [6, 6.07) is 15.7. The van der Waals surface area contributed by atoms with Gasteiger partial charge >= 0.3 is 5.97 Å². The third kappa shape index (κ3) is 2.51. The smallest absolute Gasteiger partial charge is 0.335 e. The Morgan fingerprint density at radius 1 is 1.11 bits per heavy atom. The molecule has 1 unspecified atom stereocenters. The van der Waals surface area contributed by atoms with Crippen molar-refractivity contribution in [2.45, 2.75) is 23.0 Å². The van der Waals surface area contributed by atoms with Crippen LogP contribution in [0.15, 0.2) is 53.4 Å². The molecule has 2 aromatic carbocycles. The van der Waals surface area contributed by atoms with Gasteiger partial charge in [-0.25, -0.2) is 4.79 Å². The predicted octanol–water partition coefficient (Wildman–Crippen LogP) is 4.16. The van der Waals surface area contributed by atoms with Crippen molar-refractivity contribution in [3.63, 3.8) is 0 Å². The van der Waals surface area contributed by atoms with Crippen LogP contribution >= 0.6 is 11.8 Å². The van der Waals surface area contributed by atoms with E-state index in [0.717, 1.165) is 17.7 Å². The second-order valence-electron chi connectivity index (χ2n) is 4.67. The normalized spacial score (nSPS) is 17.2. The fourth-order valence-corrected chi connectivity index (χ4v) is 3.70. The van der Waals surface area contributed by atoms with Crippen LogP contribution in [0, 0.1) is 0 Å². The maximum absolute atomic E-state index is 10.8. The monoisotopic (exact) mass is 270 g/mol. The molecule has 0 amide bonds. The average Bonchev–Trinajstić information content (AvgIpc) is 2.83. The van der Waals surface area contributed by atoms with Gasteiger partial charge in [0.1, 0.15) is 0 Å². The first-order chi connectivity index (χ1) is 9.24. The molecule has 0 bridgehead atoms. The summed E-state index contributed by atoms with van der Waals surface area (Å²) in [7, 11) is 0. The summed E-state index contributed by atoms with van der Waals surface area (Å²) in [6.07, 6.45) is 2.30. The van der Waals surface area contributed by atoms with Gasteiger partial charge in [0.25, 0.3) is 0 Å². The lowest BCUT2D eigenvalue weighted by Crippen LogP contribution is -1.95. The second kappa shape index (κ2) is 5.10. The van der Waals surface area contributed by atoms with Crippen LogP contribution in [0.3, 0.4) is 0 Å². The highest BCUT2D eigenvalue weighted by Gasteiger charge is 2.22. The van der Waals surface area contributed by atoms with Crippen LogP contribution in [0.5, 0.6) is 0 Å². The van der Waals surface area contributed by atoms with Crippen molar-refractivity contribution in [3.8, 4) is 0 Å². The molecule has 0 saturated carbocycles. The fourth-order valence-electron chi connectivity index (χ4n) is 2.48. The molecule has 96 valence electrons. The van der Waals surface area contributed by atoms with Gasteiger partial charge in [-0.05, 0) is 48.2 Å². The van der Waals surface area contributed by atoms with Crippen molar-refractivity contribution in [1.29, 1.82) is 0 Å². The molecule has 1 aliphatic rings. The number of carbonyl (C=O) groups is 1. The number of fused-ring (bicyclic) bond motifs is 1. The summed E-state index contributed by atoms with van der Waals surface area (Å²) in [4.78, 5) is 11.9. The van der Waals surface area contributed by atoms with Gasteiger partial charge in [-0.1, -0.05) is 24.3 Å². The van der Waals surface area contributed by atoms with Crippen molar-refractivity contribution in [2.75, 3.05) is 0 Å². The van der Waals surface area contributed by atoms with Gasteiger partial charge in [0.15, 0.2) is 0 Å². The van der Waals surface area contributed by atoms with Crippen molar-refractivity contribution >= 4 is 17.7 Å². The zero-order valence-electron chi connectivity index (χ0n) is 10.4. The zero-order valence-corrected chi connectivity index (χ0v) is 11.2. The molecule has 0 fully saturated rings. The minimum absolute atomic E-state index is 0.344. The number of aryl methyl sites for hydroxylation is 1. The molecular formula is C16H14O2S. The third-order valence-electron chi connectivity index (χ3n) is 3.46. The van der Waals surface area contributed by atoms with Gasteiger partial charge in [0, 0.05) is 10.1 Å². The van der Waals surface area contributed by atoms with Crippen molar-refractivity contribution < 1.29 is 9.90 Å². The molecule has 3 heteroatoms. The van der Waals surface area contributed by atoms with Gasteiger partial charge < -0.3 is 5.11 Å². The largest absolute Gasteiger partial charge is 0.478 e. The Kier molecular flexibility index (Phi) is 3.30. The number of carboxylic acid groups (broad SMARTS) is 1. The van der Waals surface area contributed by atoms with Crippen LogP contribution in [-0.4, -0.2) is 11.1 Å². The van der Waals surface area contributed by atoms with Crippen molar-refractivity contribution in [2.24, 2.45) is 0 Å². The summed E-state index contributed by atoms with van der Waals surface area (Å²) < 4.78 is 0. The van der Waals surface area contributed by atoms with E-state index in [1.807, 2.05) is 23.9 Å². The number of carboxylic acids is 1. The van der Waals surface area contributed by atoms with Gasteiger partial charge in [0.05, 0.1) is 5.56 Å². The molecule has 0 radical (unpaired) electrons. The molecule has 1 N–H and O–H groups in total. The minimum atomic E-state index is -0.872. The molecule has 0 aliphatic heterocycles. The molecule has 0 spiro atoms. The van der Waals surface area contributed by atoms with Gasteiger partial charge in [-0.15, -0.1) is 11.8 Å². The molecule has 0 aromatic heterocycles. The Morgan fingerprint density at radius 2 is 1.84 bits per heavy atom. The molecule has 0 heterocycles. The van der Waals surface area contributed by atoms with E-state index in [1.165, 1.54) is 11.1 Å². The highest BCUT2D eigenvalue weighted by molar-refractivity contribution is 7.99. The van der Waals surface area contributed by atoms with Crippen molar-refractivity contribution in [1.82, 2.24) is 0 Å². The lowest BCUT2D eigenvalue weighted by Gasteiger charge is -2.11. The first-order valence-electron chi connectivity index (χ1n) is 6.32. The van der Waals surface area contributed by atoms with E-state index in [4.69, 9.17) is 5.11 Å². The van der Waals surface area contributed by atoms with Crippen LogP contribution in [-0.2, 0) is 6.42 Å². The molecule has 3 rings (SSSR count). The van der Waals surface area contributed by atoms with Crippen LogP contribution in [0.2, 0.25) is 0 Å². The SMILES string of the molecule is O=C(O)c1ccc(SC2CCc3ccccc32)cc1. The maximum Gasteiger partial charge on any atom is 0.335 e. The summed E-state index contributed by atoms with van der Waals surface area (Å²) in [5.74, 6) is -0.872. The Bertz CT molecular complexity index is 604. The molecule has 1 aliphatic carbocycles. The predicted molar refractivity (Wildman–Crippen MR) is 76.8 cm³/mol. The van der Waals surface area contributed by atoms with E-state index in [9.17, 15) is 4.79 Å². The van der Waals surface area contributed by atoms with E-state index in [2.05, 4.69) is 24.3 Å². The Morgan fingerprint density at radius 3 is 2.58 bits per heavy atom. The topological polar surface area (TPSA) is 37.3 Å². The molecule has 1 atom stereocenters. The molecule has 2 nitrogen and oxygen atoms in total. The lowest BCUT2D eigenvalue weighted by molar-refractivity contribution is 0.0697. The standard InChI is InChI=1S/C16H14O2S/c17-16(18)12-5-8-13(9-6-12)19-15-10-7-11-3-1-2-4-14(11)15/h1-6,8-9,15H,7,10H2,(H,17,18). The minimum Gasteiger partial charge on any atom is -0.478 e. The highest BCUT2D eigenvalue weighted by Crippen LogP contribution is 2.44. The van der Waals surface area contributed by atoms with E-state index in [0.29, 0.717) is 10.8 Å². The second-order valence-corrected chi connectivity index (χ2v) is 5.95. The molecule has 0 saturated heterocycles.